The Kier molecular flexibility index (Phi) is 2.44. The number of amides is 2. The van der Waals surface area contributed by atoms with Gasteiger partial charge in [-0.25, -0.2) is 0 Å². The number of rotatable bonds is 1. The average molecular weight is 210 g/mol. The van der Waals surface area contributed by atoms with Crippen molar-refractivity contribution in [2.45, 2.75) is 51.1 Å². The number of hydrogen-bond acceptors (Lipinski definition) is 2. The Morgan fingerprint density at radius 1 is 1.33 bits per heavy atom. The van der Waals surface area contributed by atoms with Crippen molar-refractivity contribution in [1.29, 1.82) is 0 Å². The molecule has 1 saturated heterocycles. The van der Waals surface area contributed by atoms with Crippen LogP contribution < -0.4 is 5.32 Å². The topological polar surface area (TPSA) is 49.4 Å². The Hall–Kier alpha value is -1.06. The third-order valence-electron chi connectivity index (χ3n) is 3.34. The molecule has 2 fully saturated rings. The Bertz CT molecular complexity index is 295. The minimum absolute atomic E-state index is 0.0184. The van der Waals surface area contributed by atoms with Gasteiger partial charge in [-0.15, -0.1) is 0 Å². The monoisotopic (exact) mass is 210 g/mol. The highest BCUT2D eigenvalue weighted by atomic mass is 16.2. The van der Waals surface area contributed by atoms with Crippen molar-refractivity contribution in [3.63, 3.8) is 0 Å². The second-order valence-electron chi connectivity index (χ2n) is 5.01. The zero-order valence-corrected chi connectivity index (χ0v) is 9.38. The molecule has 84 valence electrons. The Balaban J connectivity index is 2.16. The minimum atomic E-state index is -0.733. The molecule has 1 saturated carbocycles. The average Bonchev–Trinajstić information content (AvgIpc) is 2.13. The van der Waals surface area contributed by atoms with Gasteiger partial charge in [0.1, 0.15) is 5.54 Å². The summed E-state index contributed by atoms with van der Waals surface area (Å²) in [5.74, 6) is 0.0493. The van der Waals surface area contributed by atoms with Gasteiger partial charge < -0.3 is 10.2 Å². The van der Waals surface area contributed by atoms with Crippen LogP contribution in [0.4, 0.5) is 0 Å². The predicted octanol–water partition coefficient (Wildman–Crippen LogP) is 0.666. The van der Waals surface area contributed by atoms with Crippen LogP contribution in [0, 0.1) is 0 Å². The summed E-state index contributed by atoms with van der Waals surface area (Å²) in [6.45, 7) is 4.15. The summed E-state index contributed by atoms with van der Waals surface area (Å²) in [6.07, 6.45) is 3.83. The molecular weight excluding hydrogens is 192 g/mol. The number of nitrogens with one attached hydrogen (secondary N) is 1. The number of hydrogen-bond donors (Lipinski definition) is 1. The van der Waals surface area contributed by atoms with E-state index >= 15 is 0 Å². The normalized spacial score (nSPS) is 26.9. The van der Waals surface area contributed by atoms with Gasteiger partial charge in [0.05, 0.1) is 0 Å². The van der Waals surface area contributed by atoms with Crippen LogP contribution in [0.25, 0.3) is 0 Å². The first kappa shape index (κ1) is 10.5. The van der Waals surface area contributed by atoms with Crippen LogP contribution in [-0.2, 0) is 9.59 Å². The molecule has 0 radical (unpaired) electrons. The van der Waals surface area contributed by atoms with Crippen molar-refractivity contribution in [2.75, 3.05) is 6.54 Å². The fraction of sp³-hybridized carbons (Fsp3) is 0.818. The number of carbonyl (C=O) groups is 2. The maximum atomic E-state index is 12.2. The van der Waals surface area contributed by atoms with Gasteiger partial charge in [0, 0.05) is 19.0 Å². The number of nitrogens with zero attached hydrogens (tertiary/aromatic N) is 1. The van der Waals surface area contributed by atoms with Crippen molar-refractivity contribution < 1.29 is 9.59 Å². The Labute approximate surface area is 90.0 Å². The maximum Gasteiger partial charge on any atom is 0.248 e. The fourth-order valence-corrected chi connectivity index (χ4v) is 2.19. The standard InChI is InChI=1S/C11H18N2O2/c1-11(2)10(15)13(8-4-3-5-8)7-6-9(14)12-11/h8H,3-7H2,1-2H3,(H,12,14). The van der Waals surface area contributed by atoms with Gasteiger partial charge in [-0.3, -0.25) is 9.59 Å². The van der Waals surface area contributed by atoms with Crippen molar-refractivity contribution in [1.82, 2.24) is 10.2 Å². The quantitative estimate of drug-likeness (QED) is 0.691. The second kappa shape index (κ2) is 3.51. The van der Waals surface area contributed by atoms with E-state index in [0.717, 1.165) is 12.8 Å². The molecule has 2 amide bonds. The van der Waals surface area contributed by atoms with E-state index < -0.39 is 5.54 Å². The highest BCUT2D eigenvalue weighted by Gasteiger charge is 2.40. The molecule has 0 aromatic heterocycles. The van der Waals surface area contributed by atoms with Gasteiger partial charge in [-0.05, 0) is 33.1 Å². The predicted molar refractivity (Wildman–Crippen MR) is 56.2 cm³/mol. The molecule has 1 aliphatic heterocycles. The lowest BCUT2D eigenvalue weighted by molar-refractivity contribution is -0.140. The van der Waals surface area contributed by atoms with Crippen LogP contribution in [0.1, 0.15) is 39.5 Å². The highest BCUT2D eigenvalue weighted by molar-refractivity contribution is 5.93. The van der Waals surface area contributed by atoms with Gasteiger partial charge in [0.25, 0.3) is 0 Å². The lowest BCUT2D eigenvalue weighted by Crippen LogP contribution is -2.56. The van der Waals surface area contributed by atoms with E-state index in [-0.39, 0.29) is 11.8 Å². The molecule has 0 spiro atoms. The summed E-state index contributed by atoms with van der Waals surface area (Å²) in [7, 11) is 0. The molecule has 4 nitrogen and oxygen atoms in total. The SMILES string of the molecule is CC1(C)NC(=O)CCN(C2CCC2)C1=O. The van der Waals surface area contributed by atoms with E-state index in [1.54, 1.807) is 13.8 Å². The molecule has 0 atom stereocenters. The van der Waals surface area contributed by atoms with Gasteiger partial charge in [-0.1, -0.05) is 0 Å². The Morgan fingerprint density at radius 3 is 2.53 bits per heavy atom. The summed E-state index contributed by atoms with van der Waals surface area (Å²) < 4.78 is 0. The molecule has 0 aromatic carbocycles. The summed E-state index contributed by atoms with van der Waals surface area (Å²) in [4.78, 5) is 25.5. The molecule has 1 heterocycles. The third kappa shape index (κ3) is 1.85. The Morgan fingerprint density at radius 2 is 2.00 bits per heavy atom. The summed E-state index contributed by atoms with van der Waals surface area (Å²) in [5, 5.41) is 2.77. The maximum absolute atomic E-state index is 12.2. The molecule has 4 heteroatoms. The van der Waals surface area contributed by atoms with Gasteiger partial charge in [-0.2, -0.15) is 0 Å². The molecule has 0 aromatic rings. The van der Waals surface area contributed by atoms with E-state index in [0.29, 0.717) is 19.0 Å². The van der Waals surface area contributed by atoms with E-state index in [9.17, 15) is 9.59 Å². The van der Waals surface area contributed by atoms with E-state index in [2.05, 4.69) is 5.32 Å². The first-order valence-corrected chi connectivity index (χ1v) is 5.63. The van der Waals surface area contributed by atoms with Crippen LogP contribution in [0.3, 0.4) is 0 Å². The molecule has 2 aliphatic rings. The van der Waals surface area contributed by atoms with Crippen LogP contribution in [-0.4, -0.2) is 34.8 Å². The lowest BCUT2D eigenvalue weighted by Gasteiger charge is -2.39. The van der Waals surface area contributed by atoms with Crippen LogP contribution in [0.2, 0.25) is 0 Å². The van der Waals surface area contributed by atoms with Gasteiger partial charge >= 0.3 is 0 Å². The van der Waals surface area contributed by atoms with E-state index in [1.807, 2.05) is 4.90 Å². The van der Waals surface area contributed by atoms with Crippen LogP contribution >= 0.6 is 0 Å². The third-order valence-corrected chi connectivity index (χ3v) is 3.34. The van der Waals surface area contributed by atoms with Crippen molar-refractivity contribution in [3.8, 4) is 0 Å². The van der Waals surface area contributed by atoms with Crippen molar-refractivity contribution in [2.24, 2.45) is 0 Å². The first-order valence-electron chi connectivity index (χ1n) is 5.63. The van der Waals surface area contributed by atoms with Crippen molar-refractivity contribution in [3.05, 3.63) is 0 Å². The molecule has 1 N–H and O–H groups in total. The zero-order valence-electron chi connectivity index (χ0n) is 9.38. The van der Waals surface area contributed by atoms with Gasteiger partial charge in [0.15, 0.2) is 0 Å². The highest BCUT2D eigenvalue weighted by Crippen LogP contribution is 2.28. The van der Waals surface area contributed by atoms with E-state index in [4.69, 9.17) is 0 Å². The minimum Gasteiger partial charge on any atom is -0.342 e. The molecule has 1 aliphatic carbocycles. The summed E-state index contributed by atoms with van der Waals surface area (Å²) >= 11 is 0. The first-order chi connectivity index (χ1) is 7.00. The smallest absolute Gasteiger partial charge is 0.248 e. The molecule has 0 bridgehead atoms. The summed E-state index contributed by atoms with van der Waals surface area (Å²) in [5.41, 5.74) is -0.733. The number of carbonyl (C=O) groups excluding carboxylic acids is 2. The van der Waals surface area contributed by atoms with Crippen LogP contribution in [0.5, 0.6) is 0 Å². The lowest BCUT2D eigenvalue weighted by atomic mass is 9.90. The molecule has 2 rings (SSSR count). The van der Waals surface area contributed by atoms with Crippen LogP contribution in [0.15, 0.2) is 0 Å². The molecule has 15 heavy (non-hydrogen) atoms. The van der Waals surface area contributed by atoms with E-state index in [1.165, 1.54) is 6.42 Å². The second-order valence-corrected chi connectivity index (χ2v) is 5.01. The molecular formula is C11H18N2O2. The molecule has 0 unspecified atom stereocenters. The largest absolute Gasteiger partial charge is 0.342 e. The van der Waals surface area contributed by atoms with Gasteiger partial charge in [0.2, 0.25) is 11.8 Å². The van der Waals surface area contributed by atoms with Crippen molar-refractivity contribution >= 4 is 11.8 Å². The summed E-state index contributed by atoms with van der Waals surface area (Å²) in [6, 6.07) is 0.379. The zero-order chi connectivity index (χ0) is 11.1. The fourth-order valence-electron chi connectivity index (χ4n) is 2.19.